The molecule has 5 N–H and O–H groups in total. The third kappa shape index (κ3) is 10.2. The van der Waals surface area contributed by atoms with E-state index in [1.165, 1.54) is 71.3 Å². The standard InChI is InChI=1S/C26H33N3O2.C21H25N3O2.C17H17N3O3.CH4/c1-15-23(16(2)31-29-15)18-13-21(24-22(14-18)27-25(28-24)17-11-12-17)26(30,19-7-3-4-8-19)20-9-5-6-10-20;1-11-18(12(2)26-24-11)15-9-16(20(25)13-5-3-4-6-13)19-17(10-15)22-21(23-19)14-7-8-14;1-8-14(9(2)23-20-8)11-6-12(17(21)22-3)15-13(7-11)18-16(19-15)10-4-5-10;/h13-14,17,19-20,30H,3-12H2,1-2H3,(H,27,28);9-10,13-14,20,25H,3-8H2,1-2H3,(H,22,23);6-7,10H,4-5H2,1-3H3,(H,18,19);1H4. The summed E-state index contributed by atoms with van der Waals surface area (Å²) >= 11 is 0. The van der Waals surface area contributed by atoms with E-state index in [9.17, 15) is 15.0 Å². The van der Waals surface area contributed by atoms with E-state index in [1.54, 1.807) is 6.07 Å². The van der Waals surface area contributed by atoms with Gasteiger partial charge in [-0.1, -0.05) is 61.4 Å². The third-order valence-corrected chi connectivity index (χ3v) is 18.7. The Morgan fingerprint density at radius 1 is 0.543 bits per heavy atom. The molecule has 16 heteroatoms. The molecule has 1 atom stereocenters. The number of esters is 1. The second-order valence-corrected chi connectivity index (χ2v) is 24.4. The molecule has 9 aromatic rings. The van der Waals surface area contributed by atoms with Gasteiger partial charge < -0.3 is 43.5 Å². The molecule has 6 heterocycles. The number of rotatable bonds is 12. The number of nitrogens with one attached hydrogen (secondary N) is 3. The first-order valence-corrected chi connectivity index (χ1v) is 29.6. The Balaban J connectivity index is 0.000000121. The van der Waals surface area contributed by atoms with Crippen molar-refractivity contribution < 1.29 is 33.3 Å². The minimum atomic E-state index is -0.809. The number of carbonyl (C=O) groups excluding carboxylic acids is 1. The Bertz CT molecular complexity index is 3690. The fourth-order valence-corrected chi connectivity index (χ4v) is 14.0. The Hall–Kier alpha value is -6.91. The van der Waals surface area contributed by atoms with E-state index >= 15 is 0 Å². The van der Waals surface area contributed by atoms with Gasteiger partial charge in [0.2, 0.25) is 0 Å². The van der Waals surface area contributed by atoms with Gasteiger partial charge in [0.25, 0.3) is 0 Å². The number of aryl methyl sites for hydroxylation is 6. The van der Waals surface area contributed by atoms with E-state index < -0.39 is 17.7 Å². The van der Waals surface area contributed by atoms with Crippen molar-refractivity contribution in [1.29, 1.82) is 0 Å². The first kappa shape index (κ1) is 54.7. The number of aromatic nitrogens is 9. The van der Waals surface area contributed by atoms with Crippen LogP contribution in [0.4, 0.5) is 0 Å². The summed E-state index contributed by atoms with van der Waals surface area (Å²) < 4.78 is 21.1. The zero-order valence-corrected chi connectivity index (χ0v) is 47.4. The minimum absolute atomic E-state index is 0. The number of carbonyl (C=O) groups is 1. The molecule has 81 heavy (non-hydrogen) atoms. The summed E-state index contributed by atoms with van der Waals surface area (Å²) in [7, 11) is 1.38. The number of hydrogen-bond acceptors (Lipinski definition) is 13. The van der Waals surface area contributed by atoms with Gasteiger partial charge in [-0.15, -0.1) is 0 Å². The summed E-state index contributed by atoms with van der Waals surface area (Å²) in [4.78, 5) is 37.3. The number of fused-ring (bicyclic) bond motifs is 3. The number of aliphatic hydroxyl groups is 2. The van der Waals surface area contributed by atoms with Crippen molar-refractivity contribution in [2.75, 3.05) is 7.11 Å². The molecule has 6 fully saturated rings. The average Bonchev–Trinajstić information content (AvgIpc) is 4.21. The van der Waals surface area contributed by atoms with Crippen molar-refractivity contribution in [2.45, 2.75) is 194 Å². The topological polar surface area (TPSA) is 231 Å². The Kier molecular flexibility index (Phi) is 14.7. The molecule has 0 spiro atoms. The van der Waals surface area contributed by atoms with Gasteiger partial charge >= 0.3 is 5.97 Å². The minimum Gasteiger partial charge on any atom is -0.465 e. The van der Waals surface area contributed by atoms with Crippen molar-refractivity contribution >= 4 is 39.1 Å². The molecule has 0 bridgehead atoms. The number of benzene rings is 3. The largest absolute Gasteiger partial charge is 0.465 e. The van der Waals surface area contributed by atoms with Gasteiger partial charge in [0, 0.05) is 45.6 Å². The zero-order valence-electron chi connectivity index (χ0n) is 47.4. The van der Waals surface area contributed by atoms with Crippen LogP contribution in [0.3, 0.4) is 0 Å². The Labute approximate surface area is 473 Å². The monoisotopic (exact) mass is 1100 g/mol. The van der Waals surface area contributed by atoms with E-state index in [1.807, 2.05) is 47.6 Å². The second kappa shape index (κ2) is 21.8. The molecule has 6 aliphatic rings. The van der Waals surface area contributed by atoms with Crippen molar-refractivity contribution in [1.82, 2.24) is 45.4 Å². The number of aliphatic hydroxyl groups excluding tert-OH is 1. The predicted octanol–water partition coefficient (Wildman–Crippen LogP) is 15.4. The highest BCUT2D eigenvalue weighted by molar-refractivity contribution is 6.04. The average molecular weight is 1100 g/mol. The van der Waals surface area contributed by atoms with Crippen LogP contribution < -0.4 is 0 Å². The summed E-state index contributed by atoms with van der Waals surface area (Å²) in [6.07, 6.45) is 20.6. The van der Waals surface area contributed by atoms with Crippen LogP contribution in [0.15, 0.2) is 50.0 Å². The number of imidazole rings is 3. The molecule has 0 amide bonds. The summed E-state index contributed by atoms with van der Waals surface area (Å²) in [6, 6.07) is 12.4. The van der Waals surface area contributed by atoms with Crippen molar-refractivity contribution in [3.05, 3.63) is 105 Å². The van der Waals surface area contributed by atoms with Crippen molar-refractivity contribution in [3.8, 4) is 33.4 Å². The van der Waals surface area contributed by atoms with Crippen LogP contribution in [-0.2, 0) is 10.3 Å². The van der Waals surface area contributed by atoms with Crippen molar-refractivity contribution in [2.24, 2.45) is 17.8 Å². The molecule has 1 unspecified atom stereocenters. The normalized spacial score (nSPS) is 18.4. The predicted molar refractivity (Wildman–Crippen MR) is 312 cm³/mol. The fraction of sp³-hybridized carbons (Fsp3) is 0.523. The molecule has 6 saturated carbocycles. The van der Waals surface area contributed by atoms with Gasteiger partial charge in [0.05, 0.1) is 69.0 Å². The highest BCUT2D eigenvalue weighted by Crippen LogP contribution is 2.53. The first-order valence-electron chi connectivity index (χ1n) is 29.6. The number of H-pyrrole nitrogens is 3. The van der Waals surface area contributed by atoms with Crippen LogP contribution in [0.1, 0.15) is 220 Å². The first-order chi connectivity index (χ1) is 38.7. The van der Waals surface area contributed by atoms with Gasteiger partial charge in [0.1, 0.15) is 40.3 Å². The number of methoxy groups -OCH3 is 1. The molecule has 6 aliphatic carbocycles. The zero-order chi connectivity index (χ0) is 55.1. The highest BCUT2D eigenvalue weighted by Gasteiger charge is 2.49. The highest BCUT2D eigenvalue weighted by atomic mass is 16.5. The number of nitrogens with zero attached hydrogens (tertiary/aromatic N) is 6. The van der Waals surface area contributed by atoms with Crippen LogP contribution >= 0.6 is 0 Å². The molecule has 3 aromatic carbocycles. The SMILES string of the molecule is C.COC(=O)c1cc(-c2c(C)noc2C)cc2[nH]c(C3CC3)nc12.Cc1noc(C)c1-c1cc(C(O)(C2CCCC2)C2CCCC2)c2nc(C3CC3)[nH]c2c1.Cc1noc(C)c1-c1cc(C(O)C2CCCC2)c2nc(C3CC3)[nH]c2c1. The van der Waals surface area contributed by atoms with Gasteiger partial charge in [-0.2, -0.15) is 0 Å². The van der Waals surface area contributed by atoms with Crippen LogP contribution in [-0.4, -0.2) is 68.7 Å². The van der Waals surface area contributed by atoms with E-state index in [0.717, 1.165) is 175 Å². The lowest BCUT2D eigenvalue weighted by molar-refractivity contribution is -0.0722. The van der Waals surface area contributed by atoms with E-state index in [4.69, 9.17) is 28.3 Å². The summed E-state index contributed by atoms with van der Waals surface area (Å²) in [5, 5.41) is 36.1. The van der Waals surface area contributed by atoms with Crippen LogP contribution in [0.2, 0.25) is 0 Å². The lowest BCUT2D eigenvalue weighted by atomic mass is 9.70. The lowest BCUT2D eigenvalue weighted by Crippen LogP contribution is -2.41. The van der Waals surface area contributed by atoms with Crippen LogP contribution in [0, 0.1) is 59.3 Å². The molecule has 6 aromatic heterocycles. The Morgan fingerprint density at radius 2 is 0.926 bits per heavy atom. The molecule has 0 radical (unpaired) electrons. The van der Waals surface area contributed by atoms with Gasteiger partial charge in [-0.3, -0.25) is 0 Å². The van der Waals surface area contributed by atoms with E-state index in [0.29, 0.717) is 46.6 Å². The maximum atomic E-state index is 12.6. The van der Waals surface area contributed by atoms with Crippen molar-refractivity contribution in [3.63, 3.8) is 0 Å². The van der Waals surface area contributed by atoms with E-state index in [2.05, 4.69) is 59.7 Å². The molecule has 426 valence electrons. The molecule has 15 rings (SSSR count). The van der Waals surface area contributed by atoms with Crippen LogP contribution in [0.25, 0.3) is 66.5 Å². The number of ether oxygens (including phenoxy) is 1. The summed E-state index contributed by atoms with van der Waals surface area (Å²) in [5.41, 5.74) is 15.7. The molecular formula is C65H79N9O7. The van der Waals surface area contributed by atoms with Crippen LogP contribution in [0.5, 0.6) is 0 Å². The Morgan fingerprint density at radius 3 is 1.35 bits per heavy atom. The smallest absolute Gasteiger partial charge is 0.340 e. The fourth-order valence-electron chi connectivity index (χ4n) is 14.0. The summed E-state index contributed by atoms with van der Waals surface area (Å²) in [5.74, 6) is 7.63. The second-order valence-electron chi connectivity index (χ2n) is 24.4. The number of hydrogen-bond donors (Lipinski definition) is 5. The van der Waals surface area contributed by atoms with Gasteiger partial charge in [-0.25, -0.2) is 19.7 Å². The van der Waals surface area contributed by atoms with E-state index in [-0.39, 0.29) is 7.43 Å². The quantitative estimate of drug-likeness (QED) is 0.0718. The maximum absolute atomic E-state index is 12.6. The lowest BCUT2D eigenvalue weighted by Gasteiger charge is -2.40. The number of aromatic amines is 3. The third-order valence-electron chi connectivity index (χ3n) is 18.7. The maximum Gasteiger partial charge on any atom is 0.340 e. The molecule has 16 nitrogen and oxygen atoms in total. The molecular weight excluding hydrogens is 1020 g/mol. The van der Waals surface area contributed by atoms with Gasteiger partial charge in [0.15, 0.2) is 0 Å². The molecule has 0 aliphatic heterocycles. The summed E-state index contributed by atoms with van der Waals surface area (Å²) in [6.45, 7) is 11.6. The van der Waals surface area contributed by atoms with Gasteiger partial charge in [-0.05, 0) is 189 Å². The molecule has 0 saturated heterocycles.